The van der Waals surface area contributed by atoms with Gasteiger partial charge < -0.3 is 9.64 Å². The highest BCUT2D eigenvalue weighted by Gasteiger charge is 2.21. The quantitative estimate of drug-likeness (QED) is 0.737. The lowest BCUT2D eigenvalue weighted by Crippen LogP contribution is -2.35. The van der Waals surface area contributed by atoms with E-state index in [0.717, 1.165) is 43.9 Å². The fourth-order valence-corrected chi connectivity index (χ4v) is 3.66. The van der Waals surface area contributed by atoms with Gasteiger partial charge in [0.1, 0.15) is 5.15 Å². The van der Waals surface area contributed by atoms with E-state index in [2.05, 4.69) is 10.00 Å². The summed E-state index contributed by atoms with van der Waals surface area (Å²) in [6.45, 7) is 5.93. The number of carbonyl (C=O) groups excluding carboxylic acids is 1. The van der Waals surface area contributed by atoms with E-state index in [1.54, 1.807) is 22.9 Å². The van der Waals surface area contributed by atoms with Gasteiger partial charge in [-0.05, 0) is 25.5 Å². The van der Waals surface area contributed by atoms with Crippen LogP contribution in [0.15, 0.2) is 24.3 Å². The lowest BCUT2D eigenvalue weighted by atomic mass is 10.2. The molecule has 1 aromatic heterocycles. The molecule has 6 nitrogen and oxygen atoms in total. The Labute approximate surface area is 169 Å². The van der Waals surface area contributed by atoms with Gasteiger partial charge in [-0.2, -0.15) is 5.10 Å². The number of amides is 1. The van der Waals surface area contributed by atoms with Crippen LogP contribution in [-0.2, 0) is 18.4 Å². The molecule has 1 aliphatic rings. The van der Waals surface area contributed by atoms with Crippen LogP contribution >= 0.6 is 11.6 Å². The van der Waals surface area contributed by atoms with Crippen LogP contribution in [0.5, 0.6) is 5.75 Å². The van der Waals surface area contributed by atoms with Gasteiger partial charge in [0.25, 0.3) is 0 Å². The van der Waals surface area contributed by atoms with Crippen molar-refractivity contribution in [2.45, 2.75) is 26.3 Å². The SMILES string of the molecule is Cc1nn(C)c(Cl)c1CN1CCCN(C(=O)CCOc2ccccc2F)CC1. The van der Waals surface area contributed by atoms with E-state index in [-0.39, 0.29) is 24.7 Å². The minimum atomic E-state index is -0.412. The molecule has 0 saturated carbocycles. The highest BCUT2D eigenvalue weighted by atomic mass is 35.5. The third kappa shape index (κ3) is 5.02. The topological polar surface area (TPSA) is 50.6 Å². The number of aromatic nitrogens is 2. The zero-order chi connectivity index (χ0) is 20.1. The van der Waals surface area contributed by atoms with Crippen molar-refractivity contribution in [3.63, 3.8) is 0 Å². The number of hydrogen-bond acceptors (Lipinski definition) is 4. The summed E-state index contributed by atoms with van der Waals surface area (Å²) in [6, 6.07) is 6.22. The second-order valence-electron chi connectivity index (χ2n) is 7.02. The van der Waals surface area contributed by atoms with Crippen molar-refractivity contribution >= 4 is 17.5 Å². The molecular formula is C20H26ClFN4O2. The first-order valence-corrected chi connectivity index (χ1v) is 9.89. The average Bonchev–Trinajstić information content (AvgIpc) is 2.84. The predicted molar refractivity (Wildman–Crippen MR) is 106 cm³/mol. The third-order valence-corrected chi connectivity index (χ3v) is 5.48. The van der Waals surface area contributed by atoms with E-state index in [9.17, 15) is 9.18 Å². The Hall–Kier alpha value is -2.12. The average molecular weight is 409 g/mol. The highest BCUT2D eigenvalue weighted by molar-refractivity contribution is 6.30. The number of rotatable bonds is 6. The number of carbonyl (C=O) groups is 1. The lowest BCUT2D eigenvalue weighted by molar-refractivity contribution is -0.131. The molecule has 0 atom stereocenters. The van der Waals surface area contributed by atoms with E-state index >= 15 is 0 Å². The van der Waals surface area contributed by atoms with Gasteiger partial charge in [0.05, 0.1) is 18.7 Å². The first-order chi connectivity index (χ1) is 13.5. The second kappa shape index (κ2) is 9.39. The van der Waals surface area contributed by atoms with Crippen LogP contribution in [0.2, 0.25) is 5.15 Å². The molecule has 152 valence electrons. The Morgan fingerprint density at radius 3 is 2.75 bits per heavy atom. The van der Waals surface area contributed by atoms with Crippen LogP contribution in [-0.4, -0.2) is 58.3 Å². The molecule has 1 saturated heterocycles. The summed E-state index contributed by atoms with van der Waals surface area (Å²) < 4.78 is 20.7. The Morgan fingerprint density at radius 2 is 2.04 bits per heavy atom. The summed E-state index contributed by atoms with van der Waals surface area (Å²) in [4.78, 5) is 16.7. The smallest absolute Gasteiger partial charge is 0.226 e. The number of hydrogen-bond donors (Lipinski definition) is 0. The Morgan fingerprint density at radius 1 is 1.25 bits per heavy atom. The number of para-hydroxylation sites is 1. The lowest BCUT2D eigenvalue weighted by Gasteiger charge is -2.22. The van der Waals surface area contributed by atoms with Crippen molar-refractivity contribution in [2.24, 2.45) is 7.05 Å². The van der Waals surface area contributed by atoms with Gasteiger partial charge in [0.2, 0.25) is 5.91 Å². The molecule has 0 unspecified atom stereocenters. The molecule has 0 aliphatic carbocycles. The Kier molecular flexibility index (Phi) is 6.91. The van der Waals surface area contributed by atoms with Gasteiger partial charge in [-0.1, -0.05) is 23.7 Å². The van der Waals surface area contributed by atoms with Crippen molar-refractivity contribution in [2.75, 3.05) is 32.8 Å². The summed E-state index contributed by atoms with van der Waals surface area (Å²) in [6.07, 6.45) is 1.14. The summed E-state index contributed by atoms with van der Waals surface area (Å²) in [5.41, 5.74) is 1.98. The minimum absolute atomic E-state index is 0.0359. The Bertz CT molecular complexity index is 827. The first-order valence-electron chi connectivity index (χ1n) is 9.51. The molecule has 1 amide bonds. The van der Waals surface area contributed by atoms with Gasteiger partial charge >= 0.3 is 0 Å². The van der Waals surface area contributed by atoms with E-state index in [4.69, 9.17) is 16.3 Å². The molecule has 2 heterocycles. The van der Waals surface area contributed by atoms with Gasteiger partial charge in [0, 0.05) is 45.3 Å². The molecular weight excluding hydrogens is 383 g/mol. The fourth-order valence-electron chi connectivity index (χ4n) is 3.42. The number of nitrogens with zero attached hydrogens (tertiary/aromatic N) is 4. The van der Waals surface area contributed by atoms with Gasteiger partial charge in [-0.15, -0.1) is 0 Å². The van der Waals surface area contributed by atoms with Gasteiger partial charge in [-0.25, -0.2) is 4.39 Å². The highest BCUT2D eigenvalue weighted by Crippen LogP contribution is 2.21. The summed E-state index contributed by atoms with van der Waals surface area (Å²) >= 11 is 6.34. The van der Waals surface area contributed by atoms with Crippen LogP contribution in [0, 0.1) is 12.7 Å². The van der Waals surface area contributed by atoms with Crippen molar-refractivity contribution in [1.29, 1.82) is 0 Å². The van der Waals surface area contributed by atoms with E-state index < -0.39 is 5.82 Å². The third-order valence-electron chi connectivity index (χ3n) is 5.00. The molecule has 28 heavy (non-hydrogen) atoms. The van der Waals surface area contributed by atoms with Crippen molar-refractivity contribution in [3.8, 4) is 5.75 Å². The van der Waals surface area contributed by atoms with Crippen LogP contribution in [0.1, 0.15) is 24.1 Å². The van der Waals surface area contributed by atoms with Crippen molar-refractivity contribution in [3.05, 3.63) is 46.5 Å². The number of benzene rings is 1. The van der Waals surface area contributed by atoms with Gasteiger partial charge in [-0.3, -0.25) is 14.4 Å². The summed E-state index contributed by atoms with van der Waals surface area (Å²) in [5, 5.41) is 5.03. The summed E-state index contributed by atoms with van der Waals surface area (Å²) in [5.74, 6) is -0.195. The minimum Gasteiger partial charge on any atom is -0.490 e. The number of ether oxygens (including phenoxy) is 1. The molecule has 1 fully saturated rings. The molecule has 2 aromatic rings. The molecule has 0 N–H and O–H groups in total. The predicted octanol–water partition coefficient (Wildman–Crippen LogP) is 3.02. The largest absolute Gasteiger partial charge is 0.490 e. The number of halogens is 2. The molecule has 0 spiro atoms. The monoisotopic (exact) mass is 408 g/mol. The fraction of sp³-hybridized carbons (Fsp3) is 0.500. The van der Waals surface area contributed by atoms with Crippen LogP contribution in [0.25, 0.3) is 0 Å². The van der Waals surface area contributed by atoms with Crippen LogP contribution < -0.4 is 4.74 Å². The first kappa shape index (κ1) is 20.6. The molecule has 0 bridgehead atoms. The zero-order valence-electron chi connectivity index (χ0n) is 16.3. The standard InChI is InChI=1S/C20H26ClFN4O2/c1-15-16(20(21)24(2)23-15)14-25-9-5-10-26(12-11-25)19(27)8-13-28-18-7-4-3-6-17(18)22/h3-4,6-7H,5,8-14H2,1-2H3. The van der Waals surface area contributed by atoms with Crippen molar-refractivity contribution < 1.29 is 13.9 Å². The van der Waals surface area contributed by atoms with Crippen molar-refractivity contribution in [1.82, 2.24) is 19.6 Å². The molecule has 8 heteroatoms. The van der Waals surface area contributed by atoms with E-state index in [1.165, 1.54) is 6.07 Å². The Balaban J connectivity index is 1.47. The van der Waals surface area contributed by atoms with Crippen LogP contribution in [0.3, 0.4) is 0 Å². The molecule has 1 aromatic carbocycles. The van der Waals surface area contributed by atoms with Crippen LogP contribution in [0.4, 0.5) is 4.39 Å². The maximum Gasteiger partial charge on any atom is 0.226 e. The van der Waals surface area contributed by atoms with E-state index in [0.29, 0.717) is 11.7 Å². The summed E-state index contributed by atoms with van der Waals surface area (Å²) in [7, 11) is 1.84. The number of aryl methyl sites for hydroxylation is 2. The maximum absolute atomic E-state index is 13.6. The zero-order valence-corrected chi connectivity index (χ0v) is 17.1. The van der Waals surface area contributed by atoms with E-state index in [1.807, 2.05) is 18.9 Å². The maximum atomic E-state index is 13.6. The molecule has 3 rings (SSSR count). The molecule has 0 radical (unpaired) electrons. The molecule has 1 aliphatic heterocycles. The second-order valence-corrected chi connectivity index (χ2v) is 7.38. The van der Waals surface area contributed by atoms with Gasteiger partial charge in [0.15, 0.2) is 11.6 Å². The normalized spacial score (nSPS) is 15.5.